The quantitative estimate of drug-likeness (QED) is 0.837. The maximum absolute atomic E-state index is 12.2. The van der Waals surface area contributed by atoms with E-state index in [1.165, 1.54) is 0 Å². The number of halogens is 1. The van der Waals surface area contributed by atoms with E-state index in [0.717, 1.165) is 18.4 Å². The predicted octanol–water partition coefficient (Wildman–Crippen LogP) is 3.22. The minimum atomic E-state index is -3.13. The van der Waals surface area contributed by atoms with Crippen LogP contribution in [-0.2, 0) is 10.0 Å². The molecule has 5 heteroatoms. The lowest BCUT2D eigenvalue weighted by atomic mass is 10.0. The Bertz CT molecular complexity index is 510. The molecule has 0 N–H and O–H groups in total. The maximum Gasteiger partial charge on any atom is 0.214 e. The summed E-state index contributed by atoms with van der Waals surface area (Å²) in [6.07, 6.45) is 1.60. The van der Waals surface area contributed by atoms with Crippen molar-refractivity contribution in [2.75, 3.05) is 5.75 Å². The van der Waals surface area contributed by atoms with Crippen LogP contribution in [0.15, 0.2) is 24.3 Å². The Kier molecular flexibility index (Phi) is 3.99. The third kappa shape index (κ3) is 2.71. The Hall–Kier alpha value is -0.580. The van der Waals surface area contributed by atoms with Crippen LogP contribution in [0.4, 0.5) is 0 Å². The van der Waals surface area contributed by atoms with Gasteiger partial charge < -0.3 is 0 Å². The average Bonchev–Trinajstić information content (AvgIpc) is 2.27. The van der Waals surface area contributed by atoms with Gasteiger partial charge in [0.1, 0.15) is 0 Å². The van der Waals surface area contributed by atoms with Crippen molar-refractivity contribution >= 4 is 21.6 Å². The summed E-state index contributed by atoms with van der Waals surface area (Å²) in [4.78, 5) is 0. The van der Waals surface area contributed by atoms with E-state index < -0.39 is 10.0 Å². The number of sulfonamides is 1. The molecule has 1 saturated heterocycles. The van der Waals surface area contributed by atoms with Crippen LogP contribution in [0, 0.1) is 0 Å². The highest BCUT2D eigenvalue weighted by molar-refractivity contribution is 7.89. The number of hydrogen-bond donors (Lipinski definition) is 0. The Balaban J connectivity index is 2.38. The predicted molar refractivity (Wildman–Crippen MR) is 74.2 cm³/mol. The van der Waals surface area contributed by atoms with Crippen LogP contribution >= 0.6 is 11.6 Å². The summed E-state index contributed by atoms with van der Waals surface area (Å²) < 4.78 is 26.0. The minimum Gasteiger partial charge on any atom is -0.212 e. The van der Waals surface area contributed by atoms with E-state index in [1.807, 2.05) is 38.1 Å². The standard InChI is InChI=1S/C13H18ClNO2S/c1-10(2)15-13(4-3-9-18(15,16)17)11-5-7-12(14)8-6-11/h5-8,10,13H,3-4,9H2,1-2H3. The molecule has 0 bridgehead atoms. The van der Waals surface area contributed by atoms with Gasteiger partial charge in [0.2, 0.25) is 10.0 Å². The molecule has 2 rings (SSSR count). The van der Waals surface area contributed by atoms with Crippen LogP contribution in [0.5, 0.6) is 0 Å². The number of hydrogen-bond acceptors (Lipinski definition) is 2. The minimum absolute atomic E-state index is 0.0176. The second-order valence-electron chi connectivity index (χ2n) is 4.95. The molecule has 1 atom stereocenters. The topological polar surface area (TPSA) is 37.4 Å². The van der Waals surface area contributed by atoms with Crippen molar-refractivity contribution in [1.29, 1.82) is 0 Å². The molecule has 0 spiro atoms. The number of rotatable bonds is 2. The lowest BCUT2D eigenvalue weighted by Gasteiger charge is -2.37. The van der Waals surface area contributed by atoms with Crippen molar-refractivity contribution < 1.29 is 8.42 Å². The summed E-state index contributed by atoms with van der Waals surface area (Å²) >= 11 is 5.87. The van der Waals surface area contributed by atoms with Crippen LogP contribution in [0.25, 0.3) is 0 Å². The molecule has 0 amide bonds. The summed E-state index contributed by atoms with van der Waals surface area (Å²) in [5.41, 5.74) is 1.02. The Morgan fingerprint density at radius 2 is 1.89 bits per heavy atom. The first kappa shape index (κ1) is 13.8. The van der Waals surface area contributed by atoms with Crippen LogP contribution < -0.4 is 0 Å². The van der Waals surface area contributed by atoms with Crippen molar-refractivity contribution in [3.63, 3.8) is 0 Å². The lowest BCUT2D eigenvalue weighted by molar-refractivity contribution is 0.247. The van der Waals surface area contributed by atoms with E-state index in [9.17, 15) is 8.42 Å². The van der Waals surface area contributed by atoms with Gasteiger partial charge in [0, 0.05) is 11.1 Å². The van der Waals surface area contributed by atoms with Gasteiger partial charge in [-0.15, -0.1) is 0 Å². The average molecular weight is 288 g/mol. The van der Waals surface area contributed by atoms with E-state index in [2.05, 4.69) is 0 Å². The van der Waals surface area contributed by atoms with Crippen molar-refractivity contribution in [3.05, 3.63) is 34.9 Å². The van der Waals surface area contributed by atoms with Crippen LogP contribution in [-0.4, -0.2) is 24.5 Å². The van der Waals surface area contributed by atoms with Gasteiger partial charge in [-0.3, -0.25) is 0 Å². The smallest absolute Gasteiger partial charge is 0.212 e. The zero-order chi connectivity index (χ0) is 13.3. The number of benzene rings is 1. The zero-order valence-corrected chi connectivity index (χ0v) is 12.2. The van der Waals surface area contributed by atoms with Gasteiger partial charge in [-0.2, -0.15) is 4.31 Å². The molecule has 0 saturated carbocycles. The van der Waals surface area contributed by atoms with Gasteiger partial charge in [-0.05, 0) is 44.4 Å². The summed E-state index contributed by atoms with van der Waals surface area (Å²) in [6, 6.07) is 7.40. The Labute approximate surface area is 114 Å². The maximum atomic E-state index is 12.2. The lowest BCUT2D eigenvalue weighted by Crippen LogP contribution is -2.44. The largest absolute Gasteiger partial charge is 0.214 e. The third-order valence-corrected chi connectivity index (χ3v) is 5.65. The van der Waals surface area contributed by atoms with Gasteiger partial charge in [0.05, 0.1) is 11.8 Å². The molecule has 18 heavy (non-hydrogen) atoms. The van der Waals surface area contributed by atoms with Crippen LogP contribution in [0.3, 0.4) is 0 Å². The molecule has 1 aliphatic rings. The molecular weight excluding hydrogens is 270 g/mol. The van der Waals surface area contributed by atoms with Gasteiger partial charge in [0.15, 0.2) is 0 Å². The molecule has 0 aromatic heterocycles. The van der Waals surface area contributed by atoms with E-state index in [4.69, 9.17) is 11.6 Å². The van der Waals surface area contributed by atoms with Crippen molar-refractivity contribution in [1.82, 2.24) is 4.31 Å². The fraction of sp³-hybridized carbons (Fsp3) is 0.538. The van der Waals surface area contributed by atoms with E-state index in [1.54, 1.807) is 4.31 Å². The second-order valence-corrected chi connectivity index (χ2v) is 7.38. The van der Waals surface area contributed by atoms with Gasteiger partial charge in [-0.25, -0.2) is 8.42 Å². The molecule has 1 aliphatic heterocycles. The fourth-order valence-corrected chi connectivity index (χ4v) is 4.69. The van der Waals surface area contributed by atoms with Crippen LogP contribution in [0.2, 0.25) is 5.02 Å². The monoisotopic (exact) mass is 287 g/mol. The highest BCUT2D eigenvalue weighted by Crippen LogP contribution is 2.35. The van der Waals surface area contributed by atoms with Gasteiger partial charge in [-0.1, -0.05) is 23.7 Å². The Morgan fingerprint density at radius 1 is 1.28 bits per heavy atom. The summed E-state index contributed by atoms with van der Waals surface area (Å²) in [7, 11) is -3.13. The second kappa shape index (κ2) is 5.19. The molecule has 1 fully saturated rings. The molecule has 0 aliphatic carbocycles. The third-order valence-electron chi connectivity index (χ3n) is 3.27. The number of nitrogens with zero attached hydrogens (tertiary/aromatic N) is 1. The fourth-order valence-electron chi connectivity index (χ4n) is 2.57. The molecule has 0 radical (unpaired) electrons. The van der Waals surface area contributed by atoms with Gasteiger partial charge in [0.25, 0.3) is 0 Å². The van der Waals surface area contributed by atoms with Crippen LogP contribution in [0.1, 0.15) is 38.3 Å². The summed E-state index contributed by atoms with van der Waals surface area (Å²) in [6.45, 7) is 3.84. The first-order valence-corrected chi connectivity index (χ1v) is 8.17. The zero-order valence-electron chi connectivity index (χ0n) is 10.6. The summed E-state index contributed by atoms with van der Waals surface area (Å²) in [5, 5.41) is 0.675. The molecule has 1 unspecified atom stereocenters. The molecule has 1 aromatic carbocycles. The molecule has 1 aromatic rings. The first-order chi connectivity index (χ1) is 8.42. The summed E-state index contributed by atoms with van der Waals surface area (Å²) in [5.74, 6) is 0.259. The van der Waals surface area contributed by atoms with E-state index >= 15 is 0 Å². The molecule has 100 valence electrons. The van der Waals surface area contributed by atoms with E-state index in [-0.39, 0.29) is 17.8 Å². The molecule has 3 nitrogen and oxygen atoms in total. The highest BCUT2D eigenvalue weighted by atomic mass is 35.5. The van der Waals surface area contributed by atoms with Gasteiger partial charge >= 0.3 is 0 Å². The first-order valence-electron chi connectivity index (χ1n) is 6.18. The van der Waals surface area contributed by atoms with Crippen molar-refractivity contribution in [3.8, 4) is 0 Å². The Morgan fingerprint density at radius 3 is 2.44 bits per heavy atom. The van der Waals surface area contributed by atoms with Crippen molar-refractivity contribution in [2.45, 2.75) is 38.8 Å². The SMILES string of the molecule is CC(C)N1C(c2ccc(Cl)cc2)CCCS1(=O)=O. The van der Waals surface area contributed by atoms with E-state index in [0.29, 0.717) is 5.02 Å². The van der Waals surface area contributed by atoms with Crippen molar-refractivity contribution in [2.24, 2.45) is 0 Å². The molecule has 1 heterocycles. The normalized spacial score (nSPS) is 24.3. The highest BCUT2D eigenvalue weighted by Gasteiger charge is 2.36. The molecular formula is C13H18ClNO2S.